The predicted octanol–water partition coefficient (Wildman–Crippen LogP) is 3.56. The molecule has 6 heteroatoms. The molecule has 1 aliphatic heterocycles. The molecule has 0 spiro atoms. The van der Waals surface area contributed by atoms with Crippen LogP contribution in [0.15, 0.2) is 42.5 Å². The molecule has 1 aliphatic rings. The van der Waals surface area contributed by atoms with E-state index < -0.39 is 0 Å². The fourth-order valence-electron chi connectivity index (χ4n) is 3.62. The van der Waals surface area contributed by atoms with Crippen LogP contribution < -0.4 is 15.1 Å². The Bertz CT molecular complexity index is 775. The van der Waals surface area contributed by atoms with E-state index in [1.54, 1.807) is 17.0 Å². The summed E-state index contributed by atoms with van der Waals surface area (Å²) in [4.78, 5) is 18.3. The van der Waals surface area contributed by atoms with Gasteiger partial charge in [0.2, 0.25) is 6.41 Å². The van der Waals surface area contributed by atoms with Crippen LogP contribution in [-0.4, -0.2) is 51.6 Å². The topological polar surface area (TPSA) is 38.8 Å². The molecule has 5 nitrogen and oxygen atoms in total. The zero-order chi connectivity index (χ0) is 19.9. The molecule has 1 N–H and O–H groups in total. The maximum Gasteiger partial charge on any atom is 0.214 e. The van der Waals surface area contributed by atoms with E-state index in [1.807, 2.05) is 25.2 Å². The molecule has 1 heterocycles. The van der Waals surface area contributed by atoms with Gasteiger partial charge in [0.1, 0.15) is 5.82 Å². The second-order valence-corrected chi connectivity index (χ2v) is 7.28. The Balaban J connectivity index is 1.81. The van der Waals surface area contributed by atoms with Gasteiger partial charge < -0.3 is 20.0 Å². The standard InChI is InChI=1S/C22H29FN4O/c1-24-20-9-10-21(25(2)13-14-26-11-3-4-12-26)22(15-20)27(17-28)16-18-5-7-19(23)8-6-18/h5-10,15,17,24H,3-4,11-14,16H2,1-2H3. The fraction of sp³-hybridized carbons (Fsp3) is 0.409. The van der Waals surface area contributed by atoms with Crippen molar-refractivity contribution < 1.29 is 9.18 Å². The molecule has 3 rings (SSSR count). The summed E-state index contributed by atoms with van der Waals surface area (Å²) in [5.41, 5.74) is 3.68. The summed E-state index contributed by atoms with van der Waals surface area (Å²) in [7, 11) is 3.93. The molecule has 0 aromatic heterocycles. The van der Waals surface area contributed by atoms with Gasteiger partial charge in [-0.05, 0) is 61.8 Å². The Morgan fingerprint density at radius 3 is 2.46 bits per heavy atom. The first-order valence-electron chi connectivity index (χ1n) is 9.82. The average Bonchev–Trinajstić information content (AvgIpc) is 3.25. The Labute approximate surface area is 166 Å². The third kappa shape index (κ3) is 5.01. The van der Waals surface area contributed by atoms with Gasteiger partial charge in [0.05, 0.1) is 17.9 Å². The van der Waals surface area contributed by atoms with E-state index in [0.717, 1.165) is 42.1 Å². The zero-order valence-electron chi connectivity index (χ0n) is 16.7. The summed E-state index contributed by atoms with van der Waals surface area (Å²) >= 11 is 0. The predicted molar refractivity (Wildman–Crippen MR) is 114 cm³/mol. The second-order valence-electron chi connectivity index (χ2n) is 7.28. The molecular formula is C22H29FN4O. The number of nitrogens with one attached hydrogen (secondary N) is 1. The van der Waals surface area contributed by atoms with Crippen LogP contribution in [0.2, 0.25) is 0 Å². The Kier molecular flexibility index (Phi) is 6.87. The van der Waals surface area contributed by atoms with Crippen molar-refractivity contribution in [2.45, 2.75) is 19.4 Å². The van der Waals surface area contributed by atoms with Gasteiger partial charge in [-0.3, -0.25) is 4.79 Å². The largest absolute Gasteiger partial charge is 0.388 e. The molecule has 2 aromatic rings. The highest BCUT2D eigenvalue weighted by Crippen LogP contribution is 2.32. The van der Waals surface area contributed by atoms with Crippen LogP contribution in [0.5, 0.6) is 0 Å². The number of likely N-dealkylation sites (tertiary alicyclic amines) is 1. The van der Waals surface area contributed by atoms with E-state index in [9.17, 15) is 9.18 Å². The number of rotatable bonds is 9. The van der Waals surface area contributed by atoms with Crippen molar-refractivity contribution in [1.82, 2.24) is 4.90 Å². The van der Waals surface area contributed by atoms with Crippen LogP contribution in [0.4, 0.5) is 21.5 Å². The van der Waals surface area contributed by atoms with Gasteiger partial charge in [-0.25, -0.2) is 4.39 Å². The minimum absolute atomic E-state index is 0.277. The van der Waals surface area contributed by atoms with Crippen LogP contribution in [0.1, 0.15) is 18.4 Å². The molecule has 0 radical (unpaired) electrons. The van der Waals surface area contributed by atoms with Gasteiger partial charge >= 0.3 is 0 Å². The lowest BCUT2D eigenvalue weighted by molar-refractivity contribution is -0.107. The number of carbonyl (C=O) groups is 1. The highest BCUT2D eigenvalue weighted by molar-refractivity contribution is 5.86. The van der Waals surface area contributed by atoms with Gasteiger partial charge in [0.15, 0.2) is 0 Å². The van der Waals surface area contributed by atoms with Crippen LogP contribution in [0, 0.1) is 5.82 Å². The first-order chi connectivity index (χ1) is 13.6. The summed E-state index contributed by atoms with van der Waals surface area (Å²) in [6.45, 7) is 4.65. The van der Waals surface area contributed by atoms with Gasteiger partial charge in [-0.15, -0.1) is 0 Å². The van der Waals surface area contributed by atoms with Crippen molar-refractivity contribution in [3.8, 4) is 0 Å². The van der Waals surface area contributed by atoms with E-state index in [1.165, 1.54) is 38.1 Å². The molecular weight excluding hydrogens is 355 g/mol. The molecule has 28 heavy (non-hydrogen) atoms. The maximum atomic E-state index is 13.2. The third-order valence-corrected chi connectivity index (χ3v) is 5.33. The van der Waals surface area contributed by atoms with Crippen LogP contribution in [0.3, 0.4) is 0 Å². The Morgan fingerprint density at radius 2 is 1.82 bits per heavy atom. The number of nitrogens with zero attached hydrogens (tertiary/aromatic N) is 3. The molecule has 1 amide bonds. The second kappa shape index (κ2) is 9.55. The Hall–Kier alpha value is -2.60. The number of benzene rings is 2. The summed E-state index contributed by atoms with van der Waals surface area (Å²) in [5.74, 6) is -0.277. The summed E-state index contributed by atoms with van der Waals surface area (Å²) < 4.78 is 13.2. The molecule has 1 fully saturated rings. The van der Waals surface area contributed by atoms with Crippen LogP contribution in [0.25, 0.3) is 0 Å². The van der Waals surface area contributed by atoms with E-state index in [2.05, 4.69) is 22.2 Å². The Morgan fingerprint density at radius 1 is 1.11 bits per heavy atom. The molecule has 150 valence electrons. The lowest BCUT2D eigenvalue weighted by Gasteiger charge is -2.29. The number of amides is 1. The number of anilines is 3. The van der Waals surface area contributed by atoms with Gasteiger partial charge in [0, 0.05) is 32.9 Å². The van der Waals surface area contributed by atoms with Crippen molar-refractivity contribution >= 4 is 23.5 Å². The average molecular weight is 384 g/mol. The highest BCUT2D eigenvalue weighted by atomic mass is 19.1. The summed E-state index contributed by atoms with van der Waals surface area (Å²) in [5, 5.41) is 3.14. The lowest BCUT2D eigenvalue weighted by atomic mass is 10.1. The maximum absolute atomic E-state index is 13.2. The van der Waals surface area contributed by atoms with Crippen molar-refractivity contribution in [1.29, 1.82) is 0 Å². The molecule has 0 atom stereocenters. The first-order valence-corrected chi connectivity index (χ1v) is 9.82. The third-order valence-electron chi connectivity index (χ3n) is 5.33. The fourth-order valence-corrected chi connectivity index (χ4v) is 3.62. The van der Waals surface area contributed by atoms with E-state index >= 15 is 0 Å². The highest BCUT2D eigenvalue weighted by Gasteiger charge is 2.17. The van der Waals surface area contributed by atoms with Gasteiger partial charge in [0.25, 0.3) is 0 Å². The SMILES string of the molecule is CNc1ccc(N(C)CCN2CCCC2)c(N(C=O)Cc2ccc(F)cc2)c1. The minimum Gasteiger partial charge on any atom is -0.388 e. The van der Waals surface area contributed by atoms with E-state index in [0.29, 0.717) is 6.54 Å². The number of carbonyl (C=O) groups excluding carboxylic acids is 1. The summed E-state index contributed by atoms with van der Waals surface area (Å²) in [6, 6.07) is 12.3. The van der Waals surface area contributed by atoms with E-state index in [4.69, 9.17) is 0 Å². The van der Waals surface area contributed by atoms with Crippen molar-refractivity contribution in [3.63, 3.8) is 0 Å². The van der Waals surface area contributed by atoms with Crippen LogP contribution >= 0.6 is 0 Å². The van der Waals surface area contributed by atoms with Gasteiger partial charge in [-0.2, -0.15) is 0 Å². The van der Waals surface area contributed by atoms with Gasteiger partial charge in [-0.1, -0.05) is 12.1 Å². The monoisotopic (exact) mass is 384 g/mol. The number of hydrogen-bond acceptors (Lipinski definition) is 4. The molecule has 0 saturated carbocycles. The quantitative estimate of drug-likeness (QED) is 0.671. The lowest BCUT2D eigenvalue weighted by Crippen LogP contribution is -2.32. The molecule has 0 aliphatic carbocycles. The number of hydrogen-bond donors (Lipinski definition) is 1. The van der Waals surface area contributed by atoms with Crippen LogP contribution in [-0.2, 0) is 11.3 Å². The van der Waals surface area contributed by atoms with Crippen molar-refractivity contribution in [3.05, 3.63) is 53.8 Å². The van der Waals surface area contributed by atoms with E-state index in [-0.39, 0.29) is 5.82 Å². The molecule has 1 saturated heterocycles. The molecule has 0 unspecified atom stereocenters. The summed E-state index contributed by atoms with van der Waals surface area (Å²) in [6.07, 6.45) is 3.40. The van der Waals surface area contributed by atoms with Crippen molar-refractivity contribution in [2.75, 3.05) is 55.4 Å². The number of halogens is 1. The molecule has 2 aromatic carbocycles. The smallest absolute Gasteiger partial charge is 0.214 e. The minimum atomic E-state index is -0.277. The van der Waals surface area contributed by atoms with Crippen molar-refractivity contribution in [2.24, 2.45) is 0 Å². The molecule has 0 bridgehead atoms. The first kappa shape index (κ1) is 20.1. The normalized spacial score (nSPS) is 14.1. The number of likely N-dealkylation sites (N-methyl/N-ethyl adjacent to an activating group) is 1. The zero-order valence-corrected chi connectivity index (χ0v) is 16.7.